The summed E-state index contributed by atoms with van der Waals surface area (Å²) in [5, 5.41) is 8.99. The molecule has 3 nitrogen and oxygen atoms in total. The normalized spacial score (nSPS) is 38.8. The molecule has 1 aliphatic heterocycles. The summed E-state index contributed by atoms with van der Waals surface area (Å²) >= 11 is 0. The molecule has 0 bridgehead atoms. The summed E-state index contributed by atoms with van der Waals surface area (Å²) in [6.07, 6.45) is 1.04. The third kappa shape index (κ3) is 1.49. The van der Waals surface area contributed by atoms with E-state index in [9.17, 15) is 0 Å². The van der Waals surface area contributed by atoms with Crippen LogP contribution in [0.5, 0.6) is 0 Å². The van der Waals surface area contributed by atoms with E-state index in [-0.39, 0.29) is 24.9 Å². The van der Waals surface area contributed by atoms with Gasteiger partial charge >= 0.3 is 7.12 Å². The van der Waals surface area contributed by atoms with Gasteiger partial charge in [0.2, 0.25) is 0 Å². The van der Waals surface area contributed by atoms with Crippen LogP contribution >= 0.6 is 0 Å². The fraction of sp³-hybridized carbons (Fsp3) is 1.00. The first-order valence-electron chi connectivity index (χ1n) is 5.34. The van der Waals surface area contributed by atoms with E-state index in [0.29, 0.717) is 11.7 Å². The Morgan fingerprint density at radius 3 is 2.07 bits per heavy atom. The van der Waals surface area contributed by atoms with Gasteiger partial charge < -0.3 is 14.4 Å². The number of aliphatic hydroxyl groups is 1. The zero-order valence-electron chi connectivity index (χ0n) is 9.41. The monoisotopic (exact) mass is 198 g/mol. The zero-order chi connectivity index (χ0) is 10.6. The molecular formula is C10H19BO3. The lowest BCUT2D eigenvalue weighted by molar-refractivity contribution is 0.00578. The first-order chi connectivity index (χ1) is 6.37. The Morgan fingerprint density at radius 1 is 1.21 bits per heavy atom. The minimum absolute atomic E-state index is 0.114. The molecule has 1 saturated carbocycles. The molecule has 0 aromatic heterocycles. The second kappa shape index (κ2) is 2.97. The van der Waals surface area contributed by atoms with E-state index in [1.807, 2.05) is 0 Å². The molecule has 0 aromatic carbocycles. The molecule has 2 fully saturated rings. The summed E-state index contributed by atoms with van der Waals surface area (Å²) in [7, 11) is -0.114. The second-order valence-corrected chi connectivity index (χ2v) is 5.47. The molecule has 1 heterocycles. The van der Waals surface area contributed by atoms with Gasteiger partial charge in [0.1, 0.15) is 0 Å². The predicted octanol–water partition coefficient (Wildman–Crippen LogP) is 1.46. The molecule has 2 aliphatic rings. The van der Waals surface area contributed by atoms with Gasteiger partial charge in [0, 0.05) is 6.61 Å². The highest BCUT2D eigenvalue weighted by Gasteiger charge is 2.59. The van der Waals surface area contributed by atoms with Crippen LogP contribution in [0.1, 0.15) is 34.1 Å². The standard InChI is InChI=1S/C10H19BO3/c1-9(2)10(3,4)14-11(13-9)8-5-7(8)6-12/h7-8,12H,5-6H2,1-4H3. The van der Waals surface area contributed by atoms with Crippen molar-refractivity contribution in [3.63, 3.8) is 0 Å². The number of rotatable bonds is 2. The fourth-order valence-electron chi connectivity index (χ4n) is 1.88. The van der Waals surface area contributed by atoms with Crippen LogP contribution < -0.4 is 0 Å². The Morgan fingerprint density at radius 2 is 1.71 bits per heavy atom. The Labute approximate surface area is 85.9 Å². The lowest BCUT2D eigenvalue weighted by Crippen LogP contribution is -2.41. The summed E-state index contributed by atoms with van der Waals surface area (Å²) in [5.74, 6) is 0.797. The molecule has 1 aliphatic carbocycles. The summed E-state index contributed by atoms with van der Waals surface area (Å²) < 4.78 is 11.8. The van der Waals surface area contributed by atoms with Crippen LogP contribution in [0.3, 0.4) is 0 Å². The van der Waals surface area contributed by atoms with Gasteiger partial charge in [-0.05, 0) is 45.9 Å². The maximum absolute atomic E-state index is 8.99. The van der Waals surface area contributed by atoms with Crippen LogP contribution in [0.15, 0.2) is 0 Å². The van der Waals surface area contributed by atoms with Gasteiger partial charge in [-0.15, -0.1) is 0 Å². The van der Waals surface area contributed by atoms with Crippen molar-refractivity contribution in [3.05, 3.63) is 0 Å². The van der Waals surface area contributed by atoms with Gasteiger partial charge in [-0.1, -0.05) is 0 Å². The molecule has 0 spiro atoms. The molecular weight excluding hydrogens is 179 g/mol. The minimum atomic E-state index is -0.236. The van der Waals surface area contributed by atoms with E-state index in [1.54, 1.807) is 0 Å². The Hall–Kier alpha value is -0.0551. The first kappa shape index (κ1) is 10.5. The van der Waals surface area contributed by atoms with Gasteiger partial charge in [0.25, 0.3) is 0 Å². The number of hydrogen-bond acceptors (Lipinski definition) is 3. The Balaban J connectivity index is 2.01. The SMILES string of the molecule is CC1(C)OB(C2CC2CO)OC1(C)C. The van der Waals surface area contributed by atoms with E-state index in [0.717, 1.165) is 6.42 Å². The average Bonchev–Trinajstić information content (AvgIpc) is 2.75. The largest absolute Gasteiger partial charge is 0.461 e. The zero-order valence-corrected chi connectivity index (χ0v) is 9.41. The van der Waals surface area contributed by atoms with Crippen molar-refractivity contribution in [1.82, 2.24) is 0 Å². The quantitative estimate of drug-likeness (QED) is 0.682. The minimum Gasteiger partial charge on any atom is -0.403 e. The second-order valence-electron chi connectivity index (χ2n) is 5.47. The van der Waals surface area contributed by atoms with Crippen LogP contribution in [0, 0.1) is 5.92 Å². The van der Waals surface area contributed by atoms with E-state index in [1.165, 1.54) is 0 Å². The third-order valence-electron chi connectivity index (χ3n) is 3.83. The van der Waals surface area contributed by atoms with Crippen molar-refractivity contribution in [3.8, 4) is 0 Å². The lowest BCUT2D eigenvalue weighted by atomic mass is 9.81. The van der Waals surface area contributed by atoms with Gasteiger partial charge in [-0.2, -0.15) is 0 Å². The maximum atomic E-state index is 8.99. The van der Waals surface area contributed by atoms with Crippen molar-refractivity contribution in [2.75, 3.05) is 6.61 Å². The molecule has 14 heavy (non-hydrogen) atoms. The highest BCUT2D eigenvalue weighted by atomic mass is 16.7. The smallest absolute Gasteiger partial charge is 0.403 e. The van der Waals surface area contributed by atoms with Crippen LogP contribution in [0.4, 0.5) is 0 Å². The molecule has 0 amide bonds. The van der Waals surface area contributed by atoms with Crippen molar-refractivity contribution in [2.45, 2.75) is 51.1 Å². The molecule has 1 saturated heterocycles. The fourth-order valence-corrected chi connectivity index (χ4v) is 1.88. The highest BCUT2D eigenvalue weighted by molar-refractivity contribution is 6.48. The molecule has 80 valence electrons. The van der Waals surface area contributed by atoms with Crippen LogP contribution in [0.25, 0.3) is 0 Å². The number of hydrogen-bond donors (Lipinski definition) is 1. The van der Waals surface area contributed by atoms with E-state index in [2.05, 4.69) is 27.7 Å². The maximum Gasteiger partial charge on any atom is 0.461 e. The topological polar surface area (TPSA) is 38.7 Å². The average molecular weight is 198 g/mol. The highest BCUT2D eigenvalue weighted by Crippen LogP contribution is 2.52. The van der Waals surface area contributed by atoms with Crippen LogP contribution in [-0.4, -0.2) is 30.0 Å². The Kier molecular flexibility index (Phi) is 2.22. The Bertz CT molecular complexity index is 224. The molecule has 4 heteroatoms. The lowest BCUT2D eigenvalue weighted by Gasteiger charge is -2.32. The molecule has 2 rings (SSSR count). The van der Waals surface area contributed by atoms with Crippen molar-refractivity contribution < 1.29 is 14.4 Å². The van der Waals surface area contributed by atoms with E-state index in [4.69, 9.17) is 14.4 Å². The third-order valence-corrected chi connectivity index (χ3v) is 3.83. The molecule has 0 aromatic rings. The molecule has 0 radical (unpaired) electrons. The summed E-state index contributed by atoms with van der Waals surface area (Å²) in [5.41, 5.74) is -0.472. The van der Waals surface area contributed by atoms with Crippen LogP contribution in [0.2, 0.25) is 5.82 Å². The van der Waals surface area contributed by atoms with Gasteiger partial charge in [0.15, 0.2) is 0 Å². The van der Waals surface area contributed by atoms with Crippen molar-refractivity contribution in [2.24, 2.45) is 5.92 Å². The van der Waals surface area contributed by atoms with Crippen LogP contribution in [-0.2, 0) is 9.31 Å². The van der Waals surface area contributed by atoms with Crippen molar-refractivity contribution in [1.29, 1.82) is 0 Å². The van der Waals surface area contributed by atoms with Gasteiger partial charge in [-0.25, -0.2) is 0 Å². The summed E-state index contributed by atoms with van der Waals surface area (Å²) in [6, 6.07) is 0. The molecule has 2 unspecified atom stereocenters. The van der Waals surface area contributed by atoms with Crippen molar-refractivity contribution >= 4 is 7.12 Å². The molecule has 1 N–H and O–H groups in total. The predicted molar refractivity (Wildman–Crippen MR) is 55.0 cm³/mol. The number of aliphatic hydroxyl groups excluding tert-OH is 1. The molecule has 2 atom stereocenters. The van der Waals surface area contributed by atoms with Gasteiger partial charge in [0.05, 0.1) is 11.2 Å². The van der Waals surface area contributed by atoms with E-state index < -0.39 is 0 Å². The first-order valence-corrected chi connectivity index (χ1v) is 5.34. The van der Waals surface area contributed by atoms with Gasteiger partial charge in [-0.3, -0.25) is 0 Å². The van der Waals surface area contributed by atoms with E-state index >= 15 is 0 Å². The summed E-state index contributed by atoms with van der Waals surface area (Å²) in [4.78, 5) is 0. The summed E-state index contributed by atoms with van der Waals surface area (Å²) in [6.45, 7) is 8.49.